The number of ether oxygens (including phenoxy) is 1. The SMILES string of the molecule is O=C(CCc1nc(-c2ccccn2)no1)Nc1ccc(OC2CCCC2)cc1. The van der Waals surface area contributed by atoms with Crippen molar-refractivity contribution in [1.29, 1.82) is 0 Å². The number of anilines is 1. The number of pyridine rings is 1. The van der Waals surface area contributed by atoms with E-state index in [4.69, 9.17) is 9.26 Å². The lowest BCUT2D eigenvalue weighted by Crippen LogP contribution is -2.13. The summed E-state index contributed by atoms with van der Waals surface area (Å²) >= 11 is 0. The van der Waals surface area contributed by atoms with Crippen LogP contribution in [0.4, 0.5) is 5.69 Å². The van der Waals surface area contributed by atoms with Gasteiger partial charge < -0.3 is 14.6 Å². The topological polar surface area (TPSA) is 90.1 Å². The Kier molecular flexibility index (Phi) is 5.61. The molecule has 28 heavy (non-hydrogen) atoms. The third-order valence-corrected chi connectivity index (χ3v) is 4.67. The first-order chi connectivity index (χ1) is 13.8. The third-order valence-electron chi connectivity index (χ3n) is 4.67. The van der Waals surface area contributed by atoms with Crippen LogP contribution in [0.3, 0.4) is 0 Å². The van der Waals surface area contributed by atoms with Gasteiger partial charge in [-0.15, -0.1) is 0 Å². The number of rotatable bonds is 7. The van der Waals surface area contributed by atoms with Crippen LogP contribution in [-0.2, 0) is 11.2 Å². The summed E-state index contributed by atoms with van der Waals surface area (Å²) in [6.45, 7) is 0. The van der Waals surface area contributed by atoms with Gasteiger partial charge in [-0.3, -0.25) is 9.78 Å². The van der Waals surface area contributed by atoms with Gasteiger partial charge in [-0.2, -0.15) is 4.98 Å². The van der Waals surface area contributed by atoms with E-state index in [0.717, 1.165) is 24.3 Å². The second kappa shape index (κ2) is 8.65. The molecule has 144 valence electrons. The molecule has 1 aromatic carbocycles. The number of carbonyl (C=O) groups is 1. The highest BCUT2D eigenvalue weighted by molar-refractivity contribution is 5.90. The van der Waals surface area contributed by atoms with Crippen molar-refractivity contribution in [3.8, 4) is 17.3 Å². The van der Waals surface area contributed by atoms with Gasteiger partial charge in [-0.25, -0.2) is 0 Å². The minimum absolute atomic E-state index is 0.109. The molecule has 1 aliphatic rings. The number of hydrogen-bond acceptors (Lipinski definition) is 6. The van der Waals surface area contributed by atoms with Gasteiger partial charge in [0, 0.05) is 24.7 Å². The summed E-state index contributed by atoms with van der Waals surface area (Å²) in [6, 6.07) is 13.0. The fraction of sp³-hybridized carbons (Fsp3) is 0.333. The van der Waals surface area contributed by atoms with Crippen LogP contribution >= 0.6 is 0 Å². The molecule has 1 saturated carbocycles. The minimum atomic E-state index is -0.109. The Balaban J connectivity index is 1.26. The van der Waals surface area contributed by atoms with Gasteiger partial charge in [0.1, 0.15) is 11.4 Å². The molecule has 2 aromatic heterocycles. The van der Waals surface area contributed by atoms with E-state index in [-0.39, 0.29) is 12.3 Å². The lowest BCUT2D eigenvalue weighted by molar-refractivity contribution is -0.116. The number of nitrogens with zero attached hydrogens (tertiary/aromatic N) is 3. The third kappa shape index (κ3) is 4.73. The smallest absolute Gasteiger partial charge is 0.227 e. The molecule has 7 heteroatoms. The van der Waals surface area contributed by atoms with Crippen molar-refractivity contribution < 1.29 is 14.1 Å². The zero-order chi connectivity index (χ0) is 19.2. The number of nitrogens with one attached hydrogen (secondary N) is 1. The van der Waals surface area contributed by atoms with E-state index < -0.39 is 0 Å². The molecule has 1 aliphatic carbocycles. The Hall–Kier alpha value is -3.22. The van der Waals surface area contributed by atoms with Crippen LogP contribution in [0.15, 0.2) is 53.2 Å². The molecule has 0 bridgehead atoms. The molecule has 4 rings (SSSR count). The molecule has 2 heterocycles. The highest BCUT2D eigenvalue weighted by Gasteiger charge is 2.16. The number of carbonyl (C=O) groups excluding carboxylic acids is 1. The van der Waals surface area contributed by atoms with E-state index >= 15 is 0 Å². The van der Waals surface area contributed by atoms with Crippen LogP contribution in [0, 0.1) is 0 Å². The predicted molar refractivity (Wildman–Crippen MR) is 104 cm³/mol. The zero-order valence-corrected chi connectivity index (χ0v) is 15.5. The van der Waals surface area contributed by atoms with Crippen molar-refractivity contribution in [2.45, 2.75) is 44.6 Å². The van der Waals surface area contributed by atoms with Gasteiger partial charge in [0.05, 0.1) is 6.10 Å². The first kappa shape index (κ1) is 18.2. The molecule has 0 unspecified atom stereocenters. The monoisotopic (exact) mass is 378 g/mol. The molecule has 3 aromatic rings. The standard InChI is InChI=1S/C21H22N4O3/c26-19(12-13-20-24-21(25-28-20)18-7-3-4-14-22-18)23-15-8-10-17(11-9-15)27-16-5-1-2-6-16/h3-4,7-11,14,16H,1-2,5-6,12-13H2,(H,23,26). The summed E-state index contributed by atoms with van der Waals surface area (Å²) in [5.74, 6) is 1.57. The molecule has 7 nitrogen and oxygen atoms in total. The van der Waals surface area contributed by atoms with Crippen molar-refractivity contribution in [3.63, 3.8) is 0 Å². The van der Waals surface area contributed by atoms with Gasteiger partial charge >= 0.3 is 0 Å². The average molecular weight is 378 g/mol. The van der Waals surface area contributed by atoms with E-state index in [2.05, 4.69) is 20.4 Å². The van der Waals surface area contributed by atoms with Crippen LogP contribution in [0.25, 0.3) is 11.5 Å². The molecular weight excluding hydrogens is 356 g/mol. The van der Waals surface area contributed by atoms with Crippen LogP contribution in [0.5, 0.6) is 5.75 Å². The molecular formula is C21H22N4O3. The number of benzene rings is 1. The Morgan fingerprint density at radius 3 is 2.71 bits per heavy atom. The summed E-state index contributed by atoms with van der Waals surface area (Å²) in [6.07, 6.45) is 7.34. The van der Waals surface area contributed by atoms with Gasteiger partial charge in [0.25, 0.3) is 0 Å². The van der Waals surface area contributed by atoms with E-state index in [1.807, 2.05) is 36.4 Å². The predicted octanol–water partition coefficient (Wildman–Crippen LogP) is 4.02. The van der Waals surface area contributed by atoms with E-state index in [0.29, 0.717) is 29.9 Å². The molecule has 0 aliphatic heterocycles. The van der Waals surface area contributed by atoms with Crippen LogP contribution in [-0.4, -0.2) is 27.1 Å². The van der Waals surface area contributed by atoms with Crippen LogP contribution in [0.2, 0.25) is 0 Å². The molecule has 1 N–H and O–H groups in total. The second-order valence-electron chi connectivity index (χ2n) is 6.82. The number of aryl methyl sites for hydroxylation is 1. The first-order valence-corrected chi connectivity index (χ1v) is 9.57. The number of aromatic nitrogens is 3. The Bertz CT molecular complexity index is 903. The van der Waals surface area contributed by atoms with Crippen molar-refractivity contribution in [2.75, 3.05) is 5.32 Å². The van der Waals surface area contributed by atoms with Gasteiger partial charge in [0.2, 0.25) is 17.6 Å². The number of amides is 1. The van der Waals surface area contributed by atoms with Crippen molar-refractivity contribution >= 4 is 11.6 Å². The molecule has 0 atom stereocenters. The second-order valence-corrected chi connectivity index (χ2v) is 6.82. The Morgan fingerprint density at radius 2 is 1.96 bits per heavy atom. The first-order valence-electron chi connectivity index (χ1n) is 9.57. The Labute approximate surface area is 163 Å². The maximum absolute atomic E-state index is 12.2. The molecule has 1 amide bonds. The maximum atomic E-state index is 12.2. The van der Waals surface area contributed by atoms with Crippen LogP contribution < -0.4 is 10.1 Å². The van der Waals surface area contributed by atoms with Gasteiger partial charge in [0.15, 0.2) is 0 Å². The summed E-state index contributed by atoms with van der Waals surface area (Å²) in [7, 11) is 0. The molecule has 0 spiro atoms. The van der Waals surface area contributed by atoms with Gasteiger partial charge in [-0.05, 0) is 62.1 Å². The summed E-state index contributed by atoms with van der Waals surface area (Å²) in [5.41, 5.74) is 1.38. The zero-order valence-electron chi connectivity index (χ0n) is 15.5. The van der Waals surface area contributed by atoms with Crippen molar-refractivity contribution in [2.24, 2.45) is 0 Å². The lowest BCUT2D eigenvalue weighted by Gasteiger charge is -2.13. The fourth-order valence-electron chi connectivity index (χ4n) is 3.21. The highest BCUT2D eigenvalue weighted by Crippen LogP contribution is 2.25. The highest BCUT2D eigenvalue weighted by atomic mass is 16.5. The van der Waals surface area contributed by atoms with Crippen molar-refractivity contribution in [3.05, 3.63) is 54.6 Å². The van der Waals surface area contributed by atoms with E-state index in [1.54, 1.807) is 12.3 Å². The maximum Gasteiger partial charge on any atom is 0.227 e. The van der Waals surface area contributed by atoms with Crippen molar-refractivity contribution in [1.82, 2.24) is 15.1 Å². The Morgan fingerprint density at radius 1 is 1.14 bits per heavy atom. The normalized spacial score (nSPS) is 14.1. The quantitative estimate of drug-likeness (QED) is 0.668. The average Bonchev–Trinajstić information content (AvgIpc) is 3.41. The summed E-state index contributed by atoms with van der Waals surface area (Å²) in [5, 5.41) is 6.78. The summed E-state index contributed by atoms with van der Waals surface area (Å²) < 4.78 is 11.1. The number of hydrogen-bond donors (Lipinski definition) is 1. The van der Waals surface area contributed by atoms with E-state index in [9.17, 15) is 4.79 Å². The fourth-order valence-corrected chi connectivity index (χ4v) is 3.21. The van der Waals surface area contributed by atoms with Gasteiger partial charge in [-0.1, -0.05) is 11.2 Å². The van der Waals surface area contributed by atoms with E-state index in [1.165, 1.54) is 12.8 Å². The molecule has 0 saturated heterocycles. The van der Waals surface area contributed by atoms with Crippen LogP contribution in [0.1, 0.15) is 38.0 Å². The largest absolute Gasteiger partial charge is 0.490 e. The summed E-state index contributed by atoms with van der Waals surface area (Å²) in [4.78, 5) is 20.6. The minimum Gasteiger partial charge on any atom is -0.490 e. The molecule has 1 fully saturated rings. The lowest BCUT2D eigenvalue weighted by atomic mass is 10.2. The molecule has 0 radical (unpaired) electrons.